The molecule has 0 aliphatic heterocycles. The van der Waals surface area contributed by atoms with Gasteiger partial charge in [0.1, 0.15) is 10.8 Å². The van der Waals surface area contributed by atoms with Gasteiger partial charge in [0.25, 0.3) is 0 Å². The molecule has 1 heterocycles. The highest BCUT2D eigenvalue weighted by molar-refractivity contribution is 7.15. The predicted molar refractivity (Wildman–Crippen MR) is 138 cm³/mol. The van der Waals surface area contributed by atoms with E-state index in [1.54, 1.807) is 29.5 Å². The normalized spacial score (nSPS) is 10.7. The quantitative estimate of drug-likeness (QED) is 0.269. The smallest absolute Gasteiger partial charge is 0.224 e. The standard InChI is InChI=1S/C27H23ClN2O3S/c1-17-26(30-27(34-17)19-6-4-3-5-7-19)18-8-11-21(12-9-18)29-25(32)15-13-23(31)22-16-20(28)10-14-24(22)33-2/h3-12,14,16H,13,15H2,1-2H3,(H,29,32). The number of rotatable bonds is 8. The maximum Gasteiger partial charge on any atom is 0.224 e. The van der Waals surface area contributed by atoms with Crippen molar-refractivity contribution in [2.75, 3.05) is 12.4 Å². The molecule has 0 spiro atoms. The van der Waals surface area contributed by atoms with Gasteiger partial charge in [0.05, 0.1) is 18.4 Å². The van der Waals surface area contributed by atoms with Gasteiger partial charge in [-0.15, -0.1) is 11.3 Å². The first-order valence-corrected chi connectivity index (χ1v) is 11.9. The van der Waals surface area contributed by atoms with E-state index >= 15 is 0 Å². The van der Waals surface area contributed by atoms with E-state index < -0.39 is 0 Å². The summed E-state index contributed by atoms with van der Waals surface area (Å²) in [6.45, 7) is 2.06. The average molecular weight is 491 g/mol. The third kappa shape index (κ3) is 5.53. The molecule has 0 fully saturated rings. The van der Waals surface area contributed by atoms with Crippen LogP contribution in [-0.2, 0) is 4.79 Å². The van der Waals surface area contributed by atoms with Gasteiger partial charge >= 0.3 is 0 Å². The fraction of sp³-hybridized carbons (Fsp3) is 0.148. The number of methoxy groups -OCH3 is 1. The number of Topliss-reactive ketones (excluding diaryl/α,β-unsaturated/α-hetero) is 1. The third-order valence-electron chi connectivity index (χ3n) is 5.30. The number of thiazole rings is 1. The lowest BCUT2D eigenvalue weighted by molar-refractivity contribution is -0.116. The van der Waals surface area contributed by atoms with E-state index in [1.807, 2.05) is 54.6 Å². The average Bonchev–Trinajstić information content (AvgIpc) is 3.25. The summed E-state index contributed by atoms with van der Waals surface area (Å²) >= 11 is 7.65. The number of aromatic nitrogens is 1. The van der Waals surface area contributed by atoms with E-state index in [2.05, 4.69) is 12.2 Å². The first-order valence-electron chi connectivity index (χ1n) is 10.7. The summed E-state index contributed by atoms with van der Waals surface area (Å²) in [7, 11) is 1.49. The number of carbonyl (C=O) groups is 2. The summed E-state index contributed by atoms with van der Waals surface area (Å²) in [6.07, 6.45) is 0.114. The minimum Gasteiger partial charge on any atom is -0.496 e. The van der Waals surface area contributed by atoms with E-state index in [-0.39, 0.29) is 24.5 Å². The number of amides is 1. The molecule has 0 aliphatic carbocycles. The molecule has 0 aliphatic rings. The first kappa shape index (κ1) is 23.7. The Morgan fingerprint density at radius 3 is 2.41 bits per heavy atom. The molecule has 1 N–H and O–H groups in total. The molecule has 1 aromatic heterocycles. The van der Waals surface area contributed by atoms with Crippen molar-refractivity contribution in [2.45, 2.75) is 19.8 Å². The molecule has 34 heavy (non-hydrogen) atoms. The molecular weight excluding hydrogens is 468 g/mol. The molecule has 0 bridgehead atoms. The van der Waals surface area contributed by atoms with Gasteiger partial charge in [0.15, 0.2) is 5.78 Å². The van der Waals surface area contributed by atoms with Crippen molar-refractivity contribution in [3.05, 3.63) is 88.3 Å². The Bertz CT molecular complexity index is 1320. The Morgan fingerprint density at radius 1 is 0.971 bits per heavy atom. The van der Waals surface area contributed by atoms with Gasteiger partial charge in [0, 0.05) is 39.6 Å². The number of benzene rings is 3. The second-order valence-corrected chi connectivity index (χ2v) is 9.32. The van der Waals surface area contributed by atoms with E-state index in [9.17, 15) is 9.59 Å². The number of halogens is 1. The van der Waals surface area contributed by atoms with Gasteiger partial charge in [-0.25, -0.2) is 4.98 Å². The monoisotopic (exact) mass is 490 g/mol. The Balaban J connectivity index is 1.38. The summed E-state index contributed by atoms with van der Waals surface area (Å²) in [5, 5.41) is 4.27. The second kappa shape index (κ2) is 10.6. The van der Waals surface area contributed by atoms with Crippen LogP contribution in [0, 0.1) is 6.92 Å². The molecule has 1 amide bonds. The van der Waals surface area contributed by atoms with Gasteiger partial charge in [-0.2, -0.15) is 0 Å². The van der Waals surface area contributed by atoms with Crippen molar-refractivity contribution in [1.82, 2.24) is 4.98 Å². The Morgan fingerprint density at radius 2 is 1.71 bits per heavy atom. The first-order chi connectivity index (χ1) is 16.4. The van der Waals surface area contributed by atoms with Crippen LogP contribution in [0.4, 0.5) is 5.69 Å². The summed E-state index contributed by atoms with van der Waals surface area (Å²) in [6, 6.07) is 22.5. The van der Waals surface area contributed by atoms with Gasteiger partial charge in [-0.1, -0.05) is 54.1 Å². The van der Waals surface area contributed by atoms with Crippen molar-refractivity contribution < 1.29 is 14.3 Å². The van der Waals surface area contributed by atoms with Crippen LogP contribution in [0.5, 0.6) is 5.75 Å². The molecular formula is C27H23ClN2O3S. The Labute approximate surface area is 207 Å². The summed E-state index contributed by atoms with van der Waals surface area (Å²) in [5.74, 6) is 0.00882. The van der Waals surface area contributed by atoms with Crippen LogP contribution in [0.2, 0.25) is 5.02 Å². The molecule has 5 nitrogen and oxygen atoms in total. The topological polar surface area (TPSA) is 68.3 Å². The van der Waals surface area contributed by atoms with E-state index in [0.717, 1.165) is 26.7 Å². The Kier molecular flexibility index (Phi) is 7.40. The highest BCUT2D eigenvalue weighted by Crippen LogP contribution is 2.33. The van der Waals surface area contributed by atoms with Crippen LogP contribution in [-0.4, -0.2) is 23.8 Å². The lowest BCUT2D eigenvalue weighted by Crippen LogP contribution is -2.13. The minimum absolute atomic E-state index is 0.0564. The molecule has 0 radical (unpaired) electrons. The second-order valence-electron chi connectivity index (χ2n) is 7.68. The number of nitrogens with zero attached hydrogens (tertiary/aromatic N) is 1. The third-order valence-corrected chi connectivity index (χ3v) is 6.56. The highest BCUT2D eigenvalue weighted by atomic mass is 35.5. The maximum absolute atomic E-state index is 12.5. The van der Waals surface area contributed by atoms with Crippen LogP contribution >= 0.6 is 22.9 Å². The summed E-state index contributed by atoms with van der Waals surface area (Å²) in [4.78, 5) is 30.9. The number of aryl methyl sites for hydroxylation is 1. The van der Waals surface area contributed by atoms with Gasteiger partial charge in [-0.05, 0) is 37.3 Å². The summed E-state index contributed by atoms with van der Waals surface area (Å²) in [5.41, 5.74) is 4.05. The lowest BCUT2D eigenvalue weighted by atomic mass is 10.1. The zero-order valence-electron chi connectivity index (χ0n) is 18.8. The largest absolute Gasteiger partial charge is 0.496 e. The maximum atomic E-state index is 12.5. The van der Waals surface area contributed by atoms with Crippen LogP contribution < -0.4 is 10.1 Å². The van der Waals surface area contributed by atoms with Crippen LogP contribution in [0.1, 0.15) is 28.1 Å². The fourth-order valence-electron chi connectivity index (χ4n) is 3.56. The number of ether oxygens (including phenoxy) is 1. The molecule has 0 saturated carbocycles. The predicted octanol–water partition coefficient (Wildman–Crippen LogP) is 7.05. The fourth-order valence-corrected chi connectivity index (χ4v) is 4.68. The Hall–Kier alpha value is -3.48. The van der Waals surface area contributed by atoms with Crippen molar-refractivity contribution in [3.8, 4) is 27.6 Å². The van der Waals surface area contributed by atoms with Crippen molar-refractivity contribution in [3.63, 3.8) is 0 Å². The molecule has 3 aromatic carbocycles. The molecule has 0 atom stereocenters. The molecule has 4 rings (SSSR count). The highest BCUT2D eigenvalue weighted by Gasteiger charge is 2.15. The van der Waals surface area contributed by atoms with Gasteiger partial charge in [-0.3, -0.25) is 9.59 Å². The van der Waals surface area contributed by atoms with Gasteiger partial charge in [0.2, 0.25) is 5.91 Å². The van der Waals surface area contributed by atoms with Crippen molar-refractivity contribution in [1.29, 1.82) is 0 Å². The zero-order chi connectivity index (χ0) is 24.1. The van der Waals surface area contributed by atoms with E-state index in [1.165, 1.54) is 7.11 Å². The molecule has 172 valence electrons. The van der Waals surface area contributed by atoms with E-state index in [4.69, 9.17) is 21.3 Å². The number of ketones is 1. The molecule has 7 heteroatoms. The molecule has 0 unspecified atom stereocenters. The van der Waals surface area contributed by atoms with E-state index in [0.29, 0.717) is 22.0 Å². The number of anilines is 1. The molecule has 4 aromatic rings. The van der Waals surface area contributed by atoms with Crippen LogP contribution in [0.3, 0.4) is 0 Å². The van der Waals surface area contributed by atoms with Crippen molar-refractivity contribution in [2.24, 2.45) is 0 Å². The zero-order valence-corrected chi connectivity index (χ0v) is 20.4. The van der Waals surface area contributed by atoms with Crippen molar-refractivity contribution >= 4 is 40.3 Å². The van der Waals surface area contributed by atoms with Crippen LogP contribution in [0.25, 0.3) is 21.8 Å². The van der Waals surface area contributed by atoms with Crippen LogP contribution in [0.15, 0.2) is 72.8 Å². The summed E-state index contributed by atoms with van der Waals surface area (Å²) < 4.78 is 5.22. The lowest BCUT2D eigenvalue weighted by Gasteiger charge is -2.09. The molecule has 0 saturated heterocycles. The number of hydrogen-bond acceptors (Lipinski definition) is 5. The minimum atomic E-state index is -0.238. The SMILES string of the molecule is COc1ccc(Cl)cc1C(=O)CCC(=O)Nc1ccc(-c2nc(-c3ccccc3)sc2C)cc1. The number of nitrogens with one attached hydrogen (secondary N) is 1. The van der Waals surface area contributed by atoms with Gasteiger partial charge < -0.3 is 10.1 Å². The number of carbonyl (C=O) groups excluding carboxylic acids is 2. The number of hydrogen-bond donors (Lipinski definition) is 1.